The number of piperidine rings is 1. The molecule has 0 aromatic heterocycles. The highest BCUT2D eigenvalue weighted by Crippen LogP contribution is 2.50. The van der Waals surface area contributed by atoms with Gasteiger partial charge in [0.25, 0.3) is 0 Å². The van der Waals surface area contributed by atoms with Crippen LogP contribution in [0.15, 0.2) is 0 Å². The van der Waals surface area contributed by atoms with E-state index in [1.165, 1.54) is 0 Å². The van der Waals surface area contributed by atoms with Gasteiger partial charge in [0.1, 0.15) is 5.60 Å². The van der Waals surface area contributed by atoms with Gasteiger partial charge in [0, 0.05) is 25.2 Å². The molecule has 0 radical (unpaired) electrons. The van der Waals surface area contributed by atoms with E-state index in [-0.39, 0.29) is 17.5 Å². The SMILES string of the molecule is CCOC(=O)CN1CC2(C[C@H]3CC[C@@H](C2)N3C(=O)OC(C)(C)C)C1. The smallest absolute Gasteiger partial charge is 0.410 e. The first-order chi connectivity index (χ1) is 11.2. The number of carbonyl (C=O) groups excluding carboxylic acids is 2. The number of fused-ring (bicyclic) bond motifs is 2. The standard InChI is InChI=1S/C18H30N2O4/c1-5-23-15(21)10-19-11-18(12-19)8-13-6-7-14(9-18)20(13)16(22)24-17(2,3)4/h13-14H,5-12H2,1-4H3/t13-,14+. The maximum absolute atomic E-state index is 12.5. The summed E-state index contributed by atoms with van der Waals surface area (Å²) in [5, 5.41) is 0. The average Bonchev–Trinajstić information content (AvgIpc) is 2.68. The minimum absolute atomic E-state index is 0.137. The molecule has 3 heterocycles. The molecule has 0 aromatic rings. The Hall–Kier alpha value is -1.30. The number of nitrogens with zero attached hydrogens (tertiary/aromatic N) is 2. The average molecular weight is 338 g/mol. The Morgan fingerprint density at radius 1 is 1.12 bits per heavy atom. The van der Waals surface area contributed by atoms with Crippen LogP contribution in [0, 0.1) is 5.41 Å². The first-order valence-electron chi connectivity index (χ1n) is 9.11. The number of hydrogen-bond acceptors (Lipinski definition) is 5. The minimum Gasteiger partial charge on any atom is -0.465 e. The highest BCUT2D eigenvalue weighted by atomic mass is 16.6. The van der Waals surface area contributed by atoms with Gasteiger partial charge in [-0.25, -0.2) is 4.79 Å². The summed E-state index contributed by atoms with van der Waals surface area (Å²) in [4.78, 5) is 28.3. The van der Waals surface area contributed by atoms with Crippen molar-refractivity contribution in [3.63, 3.8) is 0 Å². The fraction of sp³-hybridized carbons (Fsp3) is 0.889. The van der Waals surface area contributed by atoms with Crippen molar-refractivity contribution >= 4 is 12.1 Å². The quantitative estimate of drug-likeness (QED) is 0.740. The molecule has 0 aliphatic carbocycles. The monoisotopic (exact) mass is 338 g/mol. The second-order valence-electron chi connectivity index (χ2n) is 8.63. The normalized spacial score (nSPS) is 28.6. The van der Waals surface area contributed by atoms with Gasteiger partial charge in [-0.2, -0.15) is 0 Å². The summed E-state index contributed by atoms with van der Waals surface area (Å²) in [6.45, 7) is 10.3. The van der Waals surface area contributed by atoms with Crippen LogP contribution in [0.2, 0.25) is 0 Å². The summed E-state index contributed by atoms with van der Waals surface area (Å²) in [5.74, 6) is -0.137. The van der Waals surface area contributed by atoms with Crippen LogP contribution >= 0.6 is 0 Å². The number of rotatable bonds is 3. The molecule has 24 heavy (non-hydrogen) atoms. The Morgan fingerprint density at radius 2 is 1.71 bits per heavy atom. The van der Waals surface area contributed by atoms with Crippen LogP contribution in [0.25, 0.3) is 0 Å². The third-order valence-electron chi connectivity index (χ3n) is 5.34. The van der Waals surface area contributed by atoms with E-state index in [1.54, 1.807) is 0 Å². The maximum atomic E-state index is 12.5. The third-order valence-corrected chi connectivity index (χ3v) is 5.34. The highest BCUT2D eigenvalue weighted by Gasteiger charge is 2.55. The first kappa shape index (κ1) is 17.5. The number of likely N-dealkylation sites (tertiary alicyclic amines) is 1. The van der Waals surface area contributed by atoms with Gasteiger partial charge in [-0.15, -0.1) is 0 Å². The molecule has 0 aromatic carbocycles. The third kappa shape index (κ3) is 3.53. The van der Waals surface area contributed by atoms with Crippen LogP contribution in [-0.4, -0.2) is 65.8 Å². The second-order valence-corrected chi connectivity index (χ2v) is 8.63. The summed E-state index contributed by atoms with van der Waals surface area (Å²) in [6, 6.07) is 0.590. The lowest BCUT2D eigenvalue weighted by molar-refractivity contribution is -0.149. The summed E-state index contributed by atoms with van der Waals surface area (Å²) in [7, 11) is 0. The molecule has 0 N–H and O–H groups in total. The zero-order valence-electron chi connectivity index (χ0n) is 15.3. The molecule has 1 amide bonds. The Labute approximate surface area is 144 Å². The molecular weight excluding hydrogens is 308 g/mol. The van der Waals surface area contributed by atoms with Crippen molar-refractivity contribution in [2.24, 2.45) is 5.41 Å². The zero-order valence-corrected chi connectivity index (χ0v) is 15.3. The van der Waals surface area contributed by atoms with Gasteiger partial charge in [-0.05, 0) is 58.8 Å². The van der Waals surface area contributed by atoms with Crippen LogP contribution in [0.3, 0.4) is 0 Å². The van der Waals surface area contributed by atoms with E-state index in [4.69, 9.17) is 9.47 Å². The van der Waals surface area contributed by atoms with Crippen molar-refractivity contribution in [3.8, 4) is 0 Å². The van der Waals surface area contributed by atoms with E-state index in [0.717, 1.165) is 38.8 Å². The zero-order chi connectivity index (χ0) is 17.5. The molecule has 136 valence electrons. The molecule has 0 unspecified atom stereocenters. The van der Waals surface area contributed by atoms with Gasteiger partial charge in [0.2, 0.25) is 0 Å². The number of esters is 1. The van der Waals surface area contributed by atoms with Crippen LogP contribution in [0.4, 0.5) is 4.79 Å². The molecular formula is C18H30N2O4. The van der Waals surface area contributed by atoms with Gasteiger partial charge in [-0.1, -0.05) is 0 Å². The van der Waals surface area contributed by atoms with Crippen LogP contribution in [-0.2, 0) is 14.3 Å². The molecule has 2 atom stereocenters. The lowest BCUT2D eigenvalue weighted by Gasteiger charge is -2.56. The summed E-state index contributed by atoms with van der Waals surface area (Å²) in [5.41, 5.74) is -0.171. The van der Waals surface area contributed by atoms with Crippen LogP contribution in [0.5, 0.6) is 0 Å². The van der Waals surface area contributed by atoms with Gasteiger partial charge >= 0.3 is 12.1 Å². The number of carbonyl (C=O) groups is 2. The predicted octanol–water partition coefficient (Wildman–Crippen LogP) is 2.41. The lowest BCUT2D eigenvalue weighted by Crippen LogP contribution is -2.64. The van der Waals surface area contributed by atoms with Gasteiger partial charge in [0.05, 0.1) is 13.2 Å². The van der Waals surface area contributed by atoms with E-state index in [0.29, 0.717) is 25.2 Å². The van der Waals surface area contributed by atoms with Crippen molar-refractivity contribution in [2.75, 3.05) is 26.2 Å². The number of amides is 1. The fourth-order valence-corrected chi connectivity index (χ4v) is 4.72. The van der Waals surface area contributed by atoms with Crippen molar-refractivity contribution in [3.05, 3.63) is 0 Å². The molecule has 0 saturated carbocycles. The Bertz CT molecular complexity index is 492. The van der Waals surface area contributed by atoms with Gasteiger partial charge in [-0.3, -0.25) is 9.69 Å². The Morgan fingerprint density at radius 3 is 2.21 bits per heavy atom. The Balaban J connectivity index is 1.55. The molecule has 2 bridgehead atoms. The highest BCUT2D eigenvalue weighted by molar-refractivity contribution is 5.72. The van der Waals surface area contributed by atoms with E-state index >= 15 is 0 Å². The molecule has 3 fully saturated rings. The van der Waals surface area contributed by atoms with Crippen molar-refractivity contribution in [1.29, 1.82) is 0 Å². The first-order valence-corrected chi connectivity index (χ1v) is 9.11. The molecule has 6 heteroatoms. The van der Waals surface area contributed by atoms with Crippen LogP contribution in [0.1, 0.15) is 53.4 Å². The molecule has 1 spiro atoms. The van der Waals surface area contributed by atoms with E-state index < -0.39 is 5.60 Å². The molecule has 3 aliphatic heterocycles. The van der Waals surface area contributed by atoms with Crippen LogP contribution < -0.4 is 0 Å². The molecule has 3 saturated heterocycles. The summed E-state index contributed by atoms with van der Waals surface area (Å²) >= 11 is 0. The molecule has 3 aliphatic rings. The lowest BCUT2D eigenvalue weighted by atomic mass is 9.69. The maximum Gasteiger partial charge on any atom is 0.410 e. The van der Waals surface area contributed by atoms with E-state index in [9.17, 15) is 9.59 Å². The van der Waals surface area contributed by atoms with Crippen molar-refractivity contribution in [1.82, 2.24) is 9.80 Å². The topological polar surface area (TPSA) is 59.1 Å². The van der Waals surface area contributed by atoms with Gasteiger partial charge < -0.3 is 14.4 Å². The van der Waals surface area contributed by atoms with Gasteiger partial charge in [0.15, 0.2) is 0 Å². The molecule has 3 rings (SSSR count). The summed E-state index contributed by atoms with van der Waals surface area (Å²) in [6.07, 6.45) is 4.05. The van der Waals surface area contributed by atoms with Crippen molar-refractivity contribution in [2.45, 2.75) is 71.1 Å². The fourth-order valence-electron chi connectivity index (χ4n) is 4.72. The Kier molecular flexibility index (Phi) is 4.53. The number of hydrogen-bond donors (Lipinski definition) is 0. The number of ether oxygens (including phenoxy) is 2. The van der Waals surface area contributed by atoms with Crippen molar-refractivity contribution < 1.29 is 19.1 Å². The van der Waals surface area contributed by atoms with E-state index in [1.807, 2.05) is 32.6 Å². The minimum atomic E-state index is -0.446. The predicted molar refractivity (Wildman–Crippen MR) is 89.6 cm³/mol. The molecule has 6 nitrogen and oxygen atoms in total. The second kappa shape index (κ2) is 6.21. The summed E-state index contributed by atoms with van der Waals surface area (Å²) < 4.78 is 10.6. The van der Waals surface area contributed by atoms with E-state index in [2.05, 4.69) is 4.90 Å². The largest absolute Gasteiger partial charge is 0.465 e.